The van der Waals surface area contributed by atoms with Gasteiger partial charge in [0.15, 0.2) is 0 Å². The third-order valence-corrected chi connectivity index (χ3v) is 4.44. The molecular formula is C22H17NO5. The molecule has 0 radical (unpaired) electrons. The number of amides is 1. The molecule has 140 valence electrons. The Kier molecular flexibility index (Phi) is 4.78. The van der Waals surface area contributed by atoms with Crippen molar-refractivity contribution < 1.29 is 18.7 Å². The average Bonchev–Trinajstić information content (AvgIpc) is 3.26. The van der Waals surface area contributed by atoms with Gasteiger partial charge in [-0.2, -0.15) is 0 Å². The molecule has 2 aromatic carbocycles. The van der Waals surface area contributed by atoms with Crippen molar-refractivity contribution in [3.63, 3.8) is 0 Å². The minimum Gasteiger partial charge on any atom is -0.464 e. The molecule has 0 bridgehead atoms. The number of hydrogen-bond donors (Lipinski definition) is 2. The number of hydrogen-bond acceptors (Lipinski definition) is 5. The number of fused-ring (bicyclic) bond motifs is 1. The maximum Gasteiger partial charge on any atom is 0.349 e. The quantitative estimate of drug-likeness (QED) is 0.521. The van der Waals surface area contributed by atoms with E-state index in [0.717, 1.165) is 11.3 Å². The topological polar surface area (TPSA) is 92.7 Å². The second kappa shape index (κ2) is 7.54. The van der Waals surface area contributed by atoms with Gasteiger partial charge in [0.2, 0.25) is 0 Å². The first kappa shape index (κ1) is 17.8. The Hall–Kier alpha value is -3.64. The SMILES string of the molecule is O=C(NC[C@@H](O)c1ccc(-c2ccco2)cc1)c1cc2ccccc2oc1=O. The van der Waals surface area contributed by atoms with Gasteiger partial charge in [-0.15, -0.1) is 0 Å². The predicted molar refractivity (Wildman–Crippen MR) is 104 cm³/mol. The normalized spacial score (nSPS) is 12.0. The van der Waals surface area contributed by atoms with E-state index in [9.17, 15) is 14.7 Å². The second-order valence-electron chi connectivity index (χ2n) is 6.31. The Balaban J connectivity index is 1.44. The highest BCUT2D eigenvalue weighted by atomic mass is 16.4. The van der Waals surface area contributed by atoms with Crippen LogP contribution in [0.5, 0.6) is 0 Å². The van der Waals surface area contributed by atoms with Crippen LogP contribution in [-0.4, -0.2) is 17.6 Å². The van der Waals surface area contributed by atoms with Crippen LogP contribution in [0.4, 0.5) is 0 Å². The molecule has 1 amide bonds. The van der Waals surface area contributed by atoms with E-state index in [1.54, 1.807) is 48.7 Å². The van der Waals surface area contributed by atoms with Gasteiger partial charge in [0.25, 0.3) is 5.91 Å². The molecule has 1 atom stereocenters. The number of aliphatic hydroxyl groups is 1. The van der Waals surface area contributed by atoms with Crippen LogP contribution >= 0.6 is 0 Å². The first-order valence-electron chi connectivity index (χ1n) is 8.75. The second-order valence-corrected chi connectivity index (χ2v) is 6.31. The van der Waals surface area contributed by atoms with Gasteiger partial charge < -0.3 is 19.3 Å². The fourth-order valence-corrected chi connectivity index (χ4v) is 2.94. The Labute approximate surface area is 160 Å². The lowest BCUT2D eigenvalue weighted by Crippen LogP contribution is -2.31. The molecule has 0 aliphatic heterocycles. The zero-order valence-corrected chi connectivity index (χ0v) is 14.8. The highest BCUT2D eigenvalue weighted by Gasteiger charge is 2.16. The zero-order chi connectivity index (χ0) is 19.5. The van der Waals surface area contributed by atoms with Gasteiger partial charge in [-0.3, -0.25) is 4.79 Å². The molecule has 4 aromatic rings. The van der Waals surface area contributed by atoms with Gasteiger partial charge in [-0.05, 0) is 29.8 Å². The first-order chi connectivity index (χ1) is 13.6. The summed E-state index contributed by atoms with van der Waals surface area (Å²) in [6.07, 6.45) is 0.679. The average molecular weight is 375 g/mol. The van der Waals surface area contributed by atoms with E-state index >= 15 is 0 Å². The fourth-order valence-electron chi connectivity index (χ4n) is 2.94. The van der Waals surface area contributed by atoms with Crippen molar-refractivity contribution in [1.29, 1.82) is 0 Å². The van der Waals surface area contributed by atoms with Crippen molar-refractivity contribution in [3.05, 3.63) is 94.5 Å². The summed E-state index contributed by atoms with van der Waals surface area (Å²) in [7, 11) is 0. The van der Waals surface area contributed by atoms with Crippen LogP contribution < -0.4 is 10.9 Å². The van der Waals surface area contributed by atoms with Crippen molar-refractivity contribution in [2.45, 2.75) is 6.10 Å². The van der Waals surface area contributed by atoms with Crippen LogP contribution in [-0.2, 0) is 0 Å². The summed E-state index contributed by atoms with van der Waals surface area (Å²) >= 11 is 0. The predicted octanol–water partition coefficient (Wildman–Crippen LogP) is 3.52. The number of carbonyl (C=O) groups is 1. The number of furan rings is 1. The van der Waals surface area contributed by atoms with Crippen molar-refractivity contribution in [2.24, 2.45) is 0 Å². The molecule has 28 heavy (non-hydrogen) atoms. The molecule has 2 heterocycles. The van der Waals surface area contributed by atoms with Crippen LogP contribution in [0.15, 0.2) is 86.6 Å². The summed E-state index contributed by atoms with van der Waals surface area (Å²) in [6, 6.07) is 19.3. The summed E-state index contributed by atoms with van der Waals surface area (Å²) in [5, 5.41) is 13.6. The van der Waals surface area contributed by atoms with Crippen LogP contribution in [0.3, 0.4) is 0 Å². The van der Waals surface area contributed by atoms with Crippen molar-refractivity contribution >= 4 is 16.9 Å². The Bertz CT molecular complexity index is 1160. The highest BCUT2D eigenvalue weighted by Crippen LogP contribution is 2.22. The molecular weight excluding hydrogens is 358 g/mol. The summed E-state index contributed by atoms with van der Waals surface area (Å²) < 4.78 is 10.5. The van der Waals surface area contributed by atoms with E-state index < -0.39 is 17.6 Å². The molecule has 0 spiro atoms. The molecule has 0 unspecified atom stereocenters. The molecule has 0 fully saturated rings. The first-order valence-corrected chi connectivity index (χ1v) is 8.75. The molecule has 2 N–H and O–H groups in total. The molecule has 0 aliphatic carbocycles. The molecule has 0 aliphatic rings. The smallest absolute Gasteiger partial charge is 0.349 e. The van der Waals surface area contributed by atoms with Gasteiger partial charge in [0.05, 0.1) is 12.4 Å². The molecule has 0 saturated heterocycles. The molecule has 0 saturated carbocycles. The monoisotopic (exact) mass is 375 g/mol. The maximum absolute atomic E-state index is 12.4. The van der Waals surface area contributed by atoms with Gasteiger partial charge in [-0.1, -0.05) is 42.5 Å². The van der Waals surface area contributed by atoms with Crippen LogP contribution in [0.25, 0.3) is 22.3 Å². The third-order valence-electron chi connectivity index (χ3n) is 4.44. The number of aliphatic hydroxyl groups excluding tert-OH is 1. The van der Waals surface area contributed by atoms with Crippen molar-refractivity contribution in [1.82, 2.24) is 5.32 Å². The molecule has 4 rings (SSSR count). The molecule has 2 aromatic heterocycles. The van der Waals surface area contributed by atoms with Crippen molar-refractivity contribution in [2.75, 3.05) is 6.54 Å². The van der Waals surface area contributed by atoms with E-state index in [-0.39, 0.29) is 12.1 Å². The number of carbonyl (C=O) groups excluding carboxylic acids is 1. The van der Waals surface area contributed by atoms with Crippen LogP contribution in [0, 0.1) is 0 Å². The minimum atomic E-state index is -0.915. The summed E-state index contributed by atoms with van der Waals surface area (Å²) in [5.74, 6) is 0.142. The third kappa shape index (κ3) is 3.58. The largest absolute Gasteiger partial charge is 0.464 e. The summed E-state index contributed by atoms with van der Waals surface area (Å²) in [4.78, 5) is 24.4. The summed E-state index contributed by atoms with van der Waals surface area (Å²) in [6.45, 7) is -0.0365. The lowest BCUT2D eigenvalue weighted by molar-refractivity contribution is 0.0913. The van der Waals surface area contributed by atoms with Gasteiger partial charge in [0.1, 0.15) is 16.9 Å². The summed E-state index contributed by atoms with van der Waals surface area (Å²) in [5.41, 5.74) is 1.13. The lowest BCUT2D eigenvalue weighted by atomic mass is 10.1. The molecule has 6 heteroatoms. The van der Waals surface area contributed by atoms with E-state index in [1.807, 2.05) is 18.2 Å². The van der Waals surface area contributed by atoms with E-state index in [2.05, 4.69) is 5.32 Å². The highest BCUT2D eigenvalue weighted by molar-refractivity contribution is 5.96. The Morgan fingerprint density at radius 1 is 1.04 bits per heavy atom. The maximum atomic E-state index is 12.4. The number of nitrogens with one attached hydrogen (secondary N) is 1. The Morgan fingerprint density at radius 2 is 1.82 bits per heavy atom. The van der Waals surface area contributed by atoms with E-state index in [0.29, 0.717) is 16.5 Å². The fraction of sp³-hybridized carbons (Fsp3) is 0.0909. The van der Waals surface area contributed by atoms with Gasteiger partial charge in [-0.25, -0.2) is 4.79 Å². The standard InChI is InChI=1S/C22H17NO5/c24-18(14-7-9-15(10-8-14)19-6-3-11-27-19)13-23-21(25)17-12-16-4-1-2-5-20(16)28-22(17)26/h1-12,18,24H,13H2,(H,23,25)/t18-/m1/s1. The van der Waals surface area contributed by atoms with Crippen LogP contribution in [0.2, 0.25) is 0 Å². The van der Waals surface area contributed by atoms with Crippen LogP contribution in [0.1, 0.15) is 22.0 Å². The van der Waals surface area contributed by atoms with Gasteiger partial charge >= 0.3 is 5.63 Å². The van der Waals surface area contributed by atoms with Crippen molar-refractivity contribution in [3.8, 4) is 11.3 Å². The molecule has 6 nitrogen and oxygen atoms in total. The Morgan fingerprint density at radius 3 is 2.57 bits per heavy atom. The van der Waals surface area contributed by atoms with E-state index in [4.69, 9.17) is 8.83 Å². The van der Waals surface area contributed by atoms with E-state index in [1.165, 1.54) is 6.07 Å². The van der Waals surface area contributed by atoms with Gasteiger partial charge in [0, 0.05) is 17.5 Å². The lowest BCUT2D eigenvalue weighted by Gasteiger charge is -2.12. The number of benzene rings is 2. The number of para-hydroxylation sites is 1. The number of rotatable bonds is 5. The minimum absolute atomic E-state index is 0.0365. The zero-order valence-electron chi connectivity index (χ0n) is 14.8.